The first-order chi connectivity index (χ1) is 11.7. The van der Waals surface area contributed by atoms with Gasteiger partial charge in [0.1, 0.15) is 0 Å². The van der Waals surface area contributed by atoms with Gasteiger partial charge in [0.15, 0.2) is 11.9 Å². The van der Waals surface area contributed by atoms with Crippen molar-refractivity contribution in [3.63, 3.8) is 0 Å². The number of para-hydroxylation sites is 2. The molecule has 6 nitrogen and oxygen atoms in total. The average molecular weight is 354 g/mol. The van der Waals surface area contributed by atoms with Crippen LogP contribution in [0.5, 0.6) is 5.75 Å². The SMILES string of the molecule is C[C@H](Oc1ccccc1[N+](=O)[O-])C(=O)Nc1cccc(C(F)(F)F)c1. The molecule has 0 bridgehead atoms. The molecular formula is C16H13F3N2O4. The molecule has 0 aliphatic heterocycles. The number of carbonyl (C=O) groups is 1. The predicted octanol–water partition coefficient (Wildman–Crippen LogP) is 4.02. The molecular weight excluding hydrogens is 341 g/mol. The third-order valence-corrected chi connectivity index (χ3v) is 3.19. The number of hydrogen-bond donors (Lipinski definition) is 1. The summed E-state index contributed by atoms with van der Waals surface area (Å²) in [5, 5.41) is 13.2. The van der Waals surface area contributed by atoms with E-state index in [-0.39, 0.29) is 17.1 Å². The van der Waals surface area contributed by atoms with Crippen molar-refractivity contribution < 1.29 is 27.6 Å². The molecule has 0 saturated heterocycles. The van der Waals surface area contributed by atoms with Crippen molar-refractivity contribution in [2.24, 2.45) is 0 Å². The van der Waals surface area contributed by atoms with E-state index in [1.807, 2.05) is 0 Å². The first kappa shape index (κ1) is 18.2. The minimum atomic E-state index is -4.53. The molecule has 25 heavy (non-hydrogen) atoms. The summed E-state index contributed by atoms with van der Waals surface area (Å²) in [6, 6.07) is 9.60. The van der Waals surface area contributed by atoms with Gasteiger partial charge in [-0.3, -0.25) is 14.9 Å². The van der Waals surface area contributed by atoms with Gasteiger partial charge in [-0.25, -0.2) is 0 Å². The van der Waals surface area contributed by atoms with Crippen molar-refractivity contribution in [2.45, 2.75) is 19.2 Å². The van der Waals surface area contributed by atoms with Gasteiger partial charge in [0, 0.05) is 11.8 Å². The third kappa shape index (κ3) is 4.69. The highest BCUT2D eigenvalue weighted by Crippen LogP contribution is 2.31. The maximum absolute atomic E-state index is 12.7. The Hall–Kier alpha value is -3.10. The summed E-state index contributed by atoms with van der Waals surface area (Å²) in [7, 11) is 0. The van der Waals surface area contributed by atoms with E-state index in [0.717, 1.165) is 18.2 Å². The zero-order valence-corrected chi connectivity index (χ0v) is 12.9. The molecule has 2 aromatic rings. The van der Waals surface area contributed by atoms with Crippen molar-refractivity contribution in [3.05, 3.63) is 64.2 Å². The third-order valence-electron chi connectivity index (χ3n) is 3.19. The monoisotopic (exact) mass is 354 g/mol. The van der Waals surface area contributed by atoms with Crippen LogP contribution in [0.4, 0.5) is 24.5 Å². The first-order valence-corrected chi connectivity index (χ1v) is 7.06. The highest BCUT2D eigenvalue weighted by atomic mass is 19.4. The van der Waals surface area contributed by atoms with Crippen LogP contribution in [0.25, 0.3) is 0 Å². The lowest BCUT2D eigenvalue weighted by Gasteiger charge is -2.15. The number of nitrogens with zero attached hydrogens (tertiary/aromatic N) is 1. The van der Waals surface area contributed by atoms with E-state index in [1.54, 1.807) is 0 Å². The van der Waals surface area contributed by atoms with Crippen molar-refractivity contribution in [2.75, 3.05) is 5.32 Å². The van der Waals surface area contributed by atoms with Crippen LogP contribution >= 0.6 is 0 Å². The highest BCUT2D eigenvalue weighted by Gasteiger charge is 2.30. The van der Waals surface area contributed by atoms with Crippen LogP contribution in [0.3, 0.4) is 0 Å². The van der Waals surface area contributed by atoms with Crippen LogP contribution in [-0.2, 0) is 11.0 Å². The molecule has 0 saturated carbocycles. The van der Waals surface area contributed by atoms with E-state index < -0.39 is 28.7 Å². The van der Waals surface area contributed by atoms with Crippen molar-refractivity contribution in [3.8, 4) is 5.75 Å². The molecule has 0 aromatic heterocycles. The number of anilines is 1. The fraction of sp³-hybridized carbons (Fsp3) is 0.188. The van der Waals surface area contributed by atoms with Crippen molar-refractivity contribution in [1.82, 2.24) is 0 Å². The number of carbonyl (C=O) groups excluding carboxylic acids is 1. The predicted molar refractivity (Wildman–Crippen MR) is 83.3 cm³/mol. The lowest BCUT2D eigenvalue weighted by atomic mass is 10.2. The maximum atomic E-state index is 12.7. The second-order valence-corrected chi connectivity index (χ2v) is 5.05. The van der Waals surface area contributed by atoms with E-state index >= 15 is 0 Å². The number of alkyl halides is 3. The summed E-state index contributed by atoms with van der Waals surface area (Å²) in [4.78, 5) is 22.3. The Kier molecular flexibility index (Phi) is 5.26. The standard InChI is InChI=1S/C16H13F3N2O4/c1-10(25-14-8-3-2-7-13(14)21(23)24)15(22)20-12-6-4-5-11(9-12)16(17,18)19/h2-10H,1H3,(H,20,22)/t10-/m0/s1. The number of amides is 1. The molecule has 0 heterocycles. The molecule has 0 radical (unpaired) electrons. The average Bonchev–Trinajstić information content (AvgIpc) is 2.54. The summed E-state index contributed by atoms with van der Waals surface area (Å²) >= 11 is 0. The van der Waals surface area contributed by atoms with Gasteiger partial charge in [0.2, 0.25) is 0 Å². The molecule has 132 valence electrons. The minimum absolute atomic E-state index is 0.0576. The fourth-order valence-corrected chi connectivity index (χ4v) is 1.97. The number of hydrogen-bond acceptors (Lipinski definition) is 4. The Morgan fingerprint density at radius 1 is 1.20 bits per heavy atom. The molecule has 1 atom stereocenters. The largest absolute Gasteiger partial charge is 0.474 e. The smallest absolute Gasteiger partial charge is 0.416 e. The quantitative estimate of drug-likeness (QED) is 0.649. The van der Waals surface area contributed by atoms with Gasteiger partial charge in [-0.15, -0.1) is 0 Å². The number of nitro benzene ring substituents is 1. The Balaban J connectivity index is 2.10. The summed E-state index contributed by atoms with van der Waals surface area (Å²) < 4.78 is 43.3. The Labute approximate surface area is 140 Å². The van der Waals surface area contributed by atoms with Gasteiger partial charge in [0.25, 0.3) is 5.91 Å². The highest BCUT2D eigenvalue weighted by molar-refractivity contribution is 5.94. The number of benzene rings is 2. The van der Waals surface area contributed by atoms with Gasteiger partial charge >= 0.3 is 11.9 Å². The summed E-state index contributed by atoms with van der Waals surface area (Å²) in [6.45, 7) is 1.33. The van der Waals surface area contributed by atoms with Gasteiger partial charge in [-0.2, -0.15) is 13.2 Å². The Morgan fingerprint density at radius 2 is 1.88 bits per heavy atom. The minimum Gasteiger partial charge on any atom is -0.474 e. The molecule has 0 aliphatic carbocycles. The number of halogens is 3. The molecule has 0 aliphatic rings. The molecule has 0 fully saturated rings. The fourth-order valence-electron chi connectivity index (χ4n) is 1.97. The first-order valence-electron chi connectivity index (χ1n) is 7.06. The zero-order valence-electron chi connectivity index (χ0n) is 12.9. The topological polar surface area (TPSA) is 81.5 Å². The number of nitro groups is 1. The van der Waals surface area contributed by atoms with Crippen molar-refractivity contribution in [1.29, 1.82) is 0 Å². The maximum Gasteiger partial charge on any atom is 0.416 e. The van der Waals surface area contributed by atoms with Gasteiger partial charge in [-0.05, 0) is 31.2 Å². The van der Waals surface area contributed by atoms with Crippen LogP contribution in [0.15, 0.2) is 48.5 Å². The summed E-state index contributed by atoms with van der Waals surface area (Å²) in [5.74, 6) is -0.850. The molecule has 9 heteroatoms. The van der Waals surface area contributed by atoms with Crippen molar-refractivity contribution >= 4 is 17.3 Å². The lowest BCUT2D eigenvalue weighted by Crippen LogP contribution is -2.30. The lowest BCUT2D eigenvalue weighted by molar-refractivity contribution is -0.386. The van der Waals surface area contributed by atoms with E-state index in [1.165, 1.54) is 37.3 Å². The van der Waals surface area contributed by atoms with Crippen LogP contribution < -0.4 is 10.1 Å². The molecule has 0 spiro atoms. The van der Waals surface area contributed by atoms with Gasteiger partial charge < -0.3 is 10.1 Å². The molecule has 1 amide bonds. The van der Waals surface area contributed by atoms with E-state index in [4.69, 9.17) is 4.74 Å². The van der Waals surface area contributed by atoms with Crippen LogP contribution in [-0.4, -0.2) is 16.9 Å². The van der Waals surface area contributed by atoms with Gasteiger partial charge in [0.05, 0.1) is 10.5 Å². The Bertz CT molecular complexity index is 793. The summed E-state index contributed by atoms with van der Waals surface area (Å²) in [5.41, 5.74) is -1.28. The second-order valence-electron chi connectivity index (χ2n) is 5.05. The zero-order chi connectivity index (χ0) is 18.6. The number of nitrogens with one attached hydrogen (secondary N) is 1. The van der Waals surface area contributed by atoms with Crippen LogP contribution in [0, 0.1) is 10.1 Å². The second kappa shape index (κ2) is 7.20. The number of ether oxygens (including phenoxy) is 1. The Morgan fingerprint density at radius 3 is 2.52 bits per heavy atom. The van der Waals surface area contributed by atoms with Gasteiger partial charge in [-0.1, -0.05) is 18.2 Å². The van der Waals surface area contributed by atoms with Crippen LogP contribution in [0.1, 0.15) is 12.5 Å². The summed E-state index contributed by atoms with van der Waals surface area (Å²) in [6.07, 6.45) is -5.69. The molecule has 2 rings (SSSR count). The van der Waals surface area contributed by atoms with E-state index in [2.05, 4.69) is 5.32 Å². The van der Waals surface area contributed by atoms with E-state index in [9.17, 15) is 28.1 Å². The molecule has 2 aromatic carbocycles. The van der Waals surface area contributed by atoms with E-state index in [0.29, 0.717) is 0 Å². The van der Waals surface area contributed by atoms with Crippen LogP contribution in [0.2, 0.25) is 0 Å². The molecule has 0 unspecified atom stereocenters. The number of rotatable bonds is 5. The molecule has 1 N–H and O–H groups in total. The normalized spacial score (nSPS) is 12.3.